The van der Waals surface area contributed by atoms with Crippen LogP contribution < -0.4 is 40.0 Å². The fourth-order valence-electron chi connectivity index (χ4n) is 2.88. The van der Waals surface area contributed by atoms with Crippen molar-refractivity contribution in [3.05, 3.63) is 24.3 Å². The molecule has 0 aliphatic carbocycles. The molecule has 1 amide bonds. The fourth-order valence-corrected chi connectivity index (χ4v) is 2.88. The zero-order chi connectivity index (χ0) is 21.7. The zero-order valence-corrected chi connectivity index (χ0v) is 20.9. The third kappa shape index (κ3) is 21.6. The van der Waals surface area contributed by atoms with Crippen molar-refractivity contribution < 1.29 is 54.2 Å². The molecule has 0 aliphatic rings. The van der Waals surface area contributed by atoms with Crippen molar-refractivity contribution in [2.45, 2.75) is 103 Å². The molecule has 0 aromatic carbocycles. The van der Waals surface area contributed by atoms with E-state index in [9.17, 15) is 19.5 Å². The Morgan fingerprint density at radius 3 is 2.00 bits per heavy atom. The second-order valence-corrected chi connectivity index (χ2v) is 7.35. The quantitative estimate of drug-likeness (QED) is 0.180. The Hall–Kier alpha value is -1.11. The Morgan fingerprint density at radius 1 is 0.867 bits per heavy atom. The van der Waals surface area contributed by atoms with Gasteiger partial charge in [-0.3, -0.25) is 9.59 Å². The summed E-state index contributed by atoms with van der Waals surface area (Å²) in [6.45, 7) is 2.21. The van der Waals surface area contributed by atoms with Crippen molar-refractivity contribution in [1.29, 1.82) is 0 Å². The third-order valence-corrected chi connectivity index (χ3v) is 4.62. The molecule has 0 fully saturated rings. The Labute approximate surface area is 203 Å². The van der Waals surface area contributed by atoms with Crippen LogP contribution in [-0.2, 0) is 14.4 Å². The molecule has 0 spiro atoms. The molecule has 0 rings (SSSR count). The van der Waals surface area contributed by atoms with Crippen molar-refractivity contribution in [3.63, 3.8) is 0 Å². The first-order valence-electron chi connectivity index (χ1n) is 11.0. The van der Waals surface area contributed by atoms with Gasteiger partial charge in [-0.1, -0.05) is 63.3 Å². The SMILES string of the molecule is CCCCCC=CCC=CCCCCCCCC(=O)NC(CCC(=O)O)C(=O)[O-].[Na+]. The number of unbranched alkanes of at least 4 members (excludes halogenated alkanes) is 8. The van der Waals surface area contributed by atoms with Gasteiger partial charge in [-0.05, 0) is 44.9 Å². The van der Waals surface area contributed by atoms with E-state index < -0.39 is 18.0 Å². The van der Waals surface area contributed by atoms with Crippen LogP contribution in [0.2, 0.25) is 0 Å². The smallest absolute Gasteiger partial charge is 0.548 e. The first-order valence-corrected chi connectivity index (χ1v) is 11.0. The number of carboxylic acids is 2. The van der Waals surface area contributed by atoms with E-state index in [1.165, 1.54) is 25.7 Å². The van der Waals surface area contributed by atoms with Crippen molar-refractivity contribution >= 4 is 17.8 Å². The van der Waals surface area contributed by atoms with Gasteiger partial charge in [0.05, 0.1) is 12.0 Å². The number of amides is 1. The van der Waals surface area contributed by atoms with Crippen LogP contribution in [-0.4, -0.2) is 29.0 Å². The number of hydrogen-bond donors (Lipinski definition) is 2. The van der Waals surface area contributed by atoms with Gasteiger partial charge in [-0.25, -0.2) is 0 Å². The first-order chi connectivity index (χ1) is 14.0. The Kier molecular flexibility index (Phi) is 23.4. The normalized spacial score (nSPS) is 12.0. The molecular weight excluding hydrogens is 393 g/mol. The van der Waals surface area contributed by atoms with Crippen LogP contribution in [0.15, 0.2) is 24.3 Å². The standard InChI is InChI=1S/C23H39NO5.Na/c1-2-3-4-5-6-7-8-9-10-11-12-13-14-15-16-17-21(25)24-20(23(28)29)18-19-22(26)27;/h6-7,9-10,20H,2-5,8,11-19H2,1H3,(H,24,25)(H,26,27)(H,28,29);/q;+1/p-1. The number of carbonyl (C=O) groups excluding carboxylic acids is 2. The molecule has 0 heterocycles. The zero-order valence-electron chi connectivity index (χ0n) is 18.9. The van der Waals surface area contributed by atoms with Gasteiger partial charge in [-0.15, -0.1) is 0 Å². The van der Waals surface area contributed by atoms with Crippen molar-refractivity contribution in [3.8, 4) is 0 Å². The molecular formula is C23H38NNaO5. The van der Waals surface area contributed by atoms with E-state index >= 15 is 0 Å². The maximum atomic E-state index is 11.8. The minimum Gasteiger partial charge on any atom is -0.548 e. The van der Waals surface area contributed by atoms with Crippen LogP contribution in [0.1, 0.15) is 96.8 Å². The number of rotatable bonds is 19. The molecule has 166 valence electrons. The van der Waals surface area contributed by atoms with Crippen LogP contribution in [0, 0.1) is 0 Å². The first kappa shape index (κ1) is 31.1. The molecule has 0 saturated carbocycles. The number of allylic oxidation sites excluding steroid dienone is 4. The molecule has 0 aromatic rings. The summed E-state index contributed by atoms with van der Waals surface area (Å²) in [5.74, 6) is -2.91. The summed E-state index contributed by atoms with van der Waals surface area (Å²) in [5.41, 5.74) is 0. The number of nitrogens with one attached hydrogen (secondary N) is 1. The average Bonchev–Trinajstić information content (AvgIpc) is 2.67. The summed E-state index contributed by atoms with van der Waals surface area (Å²) >= 11 is 0. The fraction of sp³-hybridized carbons (Fsp3) is 0.696. The number of hydrogen-bond acceptors (Lipinski definition) is 4. The molecule has 1 atom stereocenters. The summed E-state index contributed by atoms with van der Waals surface area (Å²) in [7, 11) is 0. The van der Waals surface area contributed by atoms with Crippen molar-refractivity contribution in [1.82, 2.24) is 5.32 Å². The van der Waals surface area contributed by atoms with Crippen molar-refractivity contribution in [2.75, 3.05) is 0 Å². The van der Waals surface area contributed by atoms with Crippen LogP contribution in [0.4, 0.5) is 0 Å². The summed E-state index contributed by atoms with van der Waals surface area (Å²) in [5, 5.41) is 21.9. The van der Waals surface area contributed by atoms with E-state index in [1.807, 2.05) is 0 Å². The van der Waals surface area contributed by atoms with E-state index in [4.69, 9.17) is 5.11 Å². The maximum absolute atomic E-state index is 11.8. The molecule has 0 saturated heterocycles. The number of aliphatic carboxylic acids is 2. The molecule has 0 bridgehead atoms. The number of carboxylic acid groups (broad SMARTS) is 2. The van der Waals surface area contributed by atoms with Crippen LogP contribution in [0.5, 0.6) is 0 Å². The third-order valence-electron chi connectivity index (χ3n) is 4.62. The molecule has 0 aromatic heterocycles. The van der Waals surface area contributed by atoms with E-state index in [-0.39, 0.29) is 54.7 Å². The predicted octanol–water partition coefficient (Wildman–Crippen LogP) is 0.903. The van der Waals surface area contributed by atoms with E-state index in [0.717, 1.165) is 38.5 Å². The van der Waals surface area contributed by atoms with Gasteiger partial charge in [0.1, 0.15) is 0 Å². The Morgan fingerprint density at radius 2 is 1.43 bits per heavy atom. The molecule has 2 N–H and O–H groups in total. The predicted molar refractivity (Wildman–Crippen MR) is 113 cm³/mol. The molecule has 30 heavy (non-hydrogen) atoms. The molecule has 0 aliphatic heterocycles. The minimum absolute atomic E-state index is 0. The van der Waals surface area contributed by atoms with Gasteiger partial charge < -0.3 is 20.3 Å². The van der Waals surface area contributed by atoms with E-state index in [2.05, 4.69) is 36.5 Å². The van der Waals surface area contributed by atoms with Gasteiger partial charge in [0.2, 0.25) is 5.91 Å². The van der Waals surface area contributed by atoms with Gasteiger partial charge in [-0.2, -0.15) is 0 Å². The maximum Gasteiger partial charge on any atom is 1.00 e. The monoisotopic (exact) mass is 431 g/mol. The summed E-state index contributed by atoms with van der Waals surface area (Å²) in [6, 6.07) is -1.24. The van der Waals surface area contributed by atoms with E-state index in [0.29, 0.717) is 6.42 Å². The Balaban J connectivity index is 0. The molecule has 0 radical (unpaired) electrons. The molecule has 6 nitrogen and oxygen atoms in total. The van der Waals surface area contributed by atoms with E-state index in [1.54, 1.807) is 0 Å². The largest absolute Gasteiger partial charge is 1.00 e. The summed E-state index contributed by atoms with van der Waals surface area (Å²) < 4.78 is 0. The van der Waals surface area contributed by atoms with Gasteiger partial charge in [0.15, 0.2) is 0 Å². The number of carbonyl (C=O) groups is 3. The topological polar surface area (TPSA) is 107 Å². The minimum atomic E-state index is -1.44. The molecule has 1 unspecified atom stereocenters. The van der Waals surface area contributed by atoms with Gasteiger partial charge in [0.25, 0.3) is 0 Å². The second-order valence-electron chi connectivity index (χ2n) is 7.35. The van der Waals surface area contributed by atoms with Crippen LogP contribution >= 0.6 is 0 Å². The summed E-state index contributed by atoms with van der Waals surface area (Å²) in [4.78, 5) is 33.2. The van der Waals surface area contributed by atoms with Crippen LogP contribution in [0.3, 0.4) is 0 Å². The average molecular weight is 432 g/mol. The van der Waals surface area contributed by atoms with Gasteiger partial charge >= 0.3 is 35.5 Å². The molecule has 7 heteroatoms. The Bertz CT molecular complexity index is 520. The van der Waals surface area contributed by atoms with Gasteiger partial charge in [0, 0.05) is 12.8 Å². The summed E-state index contributed by atoms with van der Waals surface area (Å²) in [6.07, 6.45) is 20.7. The van der Waals surface area contributed by atoms with Crippen LogP contribution in [0.25, 0.3) is 0 Å². The van der Waals surface area contributed by atoms with Crippen molar-refractivity contribution in [2.24, 2.45) is 0 Å². The second kappa shape index (κ2) is 22.6.